The van der Waals surface area contributed by atoms with Crippen molar-refractivity contribution >= 4 is 5.69 Å². The number of aryl methyl sites for hydroxylation is 3. The molecule has 0 spiro atoms. The van der Waals surface area contributed by atoms with E-state index in [0.717, 1.165) is 18.6 Å². The van der Waals surface area contributed by atoms with Gasteiger partial charge in [0.25, 0.3) is 0 Å². The summed E-state index contributed by atoms with van der Waals surface area (Å²) in [7, 11) is 1.76. The molecule has 2 heteroatoms. The summed E-state index contributed by atoms with van der Waals surface area (Å²) in [5, 5.41) is 3.67. The van der Waals surface area contributed by atoms with Gasteiger partial charge in [0.1, 0.15) is 5.75 Å². The molecule has 0 fully saturated rings. The predicted octanol–water partition coefficient (Wildman–Crippen LogP) is 4.41. The highest BCUT2D eigenvalue weighted by Gasteiger charge is 2.23. The summed E-state index contributed by atoms with van der Waals surface area (Å²) in [5.41, 5.74) is 6.52. The lowest BCUT2D eigenvalue weighted by molar-refractivity contribution is 0.404. The summed E-state index contributed by atoms with van der Waals surface area (Å²) < 4.78 is 5.61. The first-order chi connectivity index (χ1) is 9.69. The maximum Gasteiger partial charge on any atom is 0.124 e. The largest absolute Gasteiger partial charge is 0.496 e. The number of para-hydroxylation sites is 1. The summed E-state index contributed by atoms with van der Waals surface area (Å²) in [6, 6.07) is 13.3. The molecule has 20 heavy (non-hydrogen) atoms. The highest BCUT2D eigenvalue weighted by atomic mass is 16.5. The average Bonchev–Trinajstić information content (AvgIpc) is 2.46. The molecule has 1 heterocycles. The molecular weight excluding hydrogens is 246 g/mol. The van der Waals surface area contributed by atoms with Crippen LogP contribution in [0, 0.1) is 13.8 Å². The number of hydrogen-bond donors (Lipinski definition) is 1. The monoisotopic (exact) mass is 267 g/mol. The van der Waals surface area contributed by atoms with Crippen LogP contribution in [0.1, 0.15) is 34.7 Å². The van der Waals surface area contributed by atoms with Gasteiger partial charge in [-0.05, 0) is 55.5 Å². The predicted molar refractivity (Wildman–Crippen MR) is 83.6 cm³/mol. The van der Waals surface area contributed by atoms with Crippen molar-refractivity contribution in [3.63, 3.8) is 0 Å². The lowest BCUT2D eigenvalue weighted by Gasteiger charge is -2.29. The molecule has 2 aromatic carbocycles. The number of fused-ring (bicyclic) bond motifs is 1. The molecule has 0 aliphatic carbocycles. The fourth-order valence-corrected chi connectivity index (χ4v) is 3.21. The summed E-state index contributed by atoms with van der Waals surface area (Å²) in [5.74, 6) is 0.999. The van der Waals surface area contributed by atoms with Crippen LogP contribution in [0.3, 0.4) is 0 Å². The van der Waals surface area contributed by atoms with Crippen LogP contribution in [0.4, 0.5) is 5.69 Å². The highest BCUT2D eigenvalue weighted by molar-refractivity contribution is 5.57. The van der Waals surface area contributed by atoms with Crippen LogP contribution in [-0.4, -0.2) is 7.11 Å². The van der Waals surface area contributed by atoms with E-state index in [1.807, 2.05) is 0 Å². The van der Waals surface area contributed by atoms with E-state index in [4.69, 9.17) is 4.74 Å². The molecule has 1 aliphatic heterocycles. The fourth-order valence-electron chi connectivity index (χ4n) is 3.21. The van der Waals surface area contributed by atoms with Gasteiger partial charge in [0, 0.05) is 11.3 Å². The Kier molecular flexibility index (Phi) is 3.39. The molecule has 2 aromatic rings. The molecular formula is C18H21NO. The minimum Gasteiger partial charge on any atom is -0.496 e. The lowest BCUT2D eigenvalue weighted by Crippen LogP contribution is -2.19. The number of hydrogen-bond acceptors (Lipinski definition) is 2. The van der Waals surface area contributed by atoms with Crippen LogP contribution in [0.5, 0.6) is 5.75 Å². The van der Waals surface area contributed by atoms with Gasteiger partial charge in [0.05, 0.1) is 13.2 Å². The SMILES string of the molecule is COc1cc(C)cc(C)c1C1CCc2ccccc2N1. The number of rotatable bonds is 2. The van der Waals surface area contributed by atoms with E-state index in [1.54, 1.807) is 7.11 Å². The van der Waals surface area contributed by atoms with Gasteiger partial charge in [0.15, 0.2) is 0 Å². The number of methoxy groups -OCH3 is 1. The molecule has 0 radical (unpaired) electrons. The van der Waals surface area contributed by atoms with Gasteiger partial charge in [-0.1, -0.05) is 24.3 Å². The molecule has 1 N–H and O–H groups in total. The topological polar surface area (TPSA) is 21.3 Å². The van der Waals surface area contributed by atoms with Gasteiger partial charge >= 0.3 is 0 Å². The number of benzene rings is 2. The van der Waals surface area contributed by atoms with Gasteiger partial charge in [-0.3, -0.25) is 0 Å². The van der Waals surface area contributed by atoms with E-state index in [9.17, 15) is 0 Å². The van der Waals surface area contributed by atoms with E-state index >= 15 is 0 Å². The first-order valence-electron chi connectivity index (χ1n) is 7.18. The minimum atomic E-state index is 0.334. The zero-order chi connectivity index (χ0) is 14.1. The van der Waals surface area contributed by atoms with Crippen LogP contribution >= 0.6 is 0 Å². The number of nitrogens with one attached hydrogen (secondary N) is 1. The van der Waals surface area contributed by atoms with Crippen molar-refractivity contribution in [3.8, 4) is 5.75 Å². The second-order valence-corrected chi connectivity index (χ2v) is 5.59. The molecule has 104 valence electrons. The third kappa shape index (κ3) is 2.26. The third-order valence-electron chi connectivity index (χ3n) is 4.11. The Morgan fingerprint density at radius 2 is 1.95 bits per heavy atom. The zero-order valence-electron chi connectivity index (χ0n) is 12.4. The molecule has 1 aliphatic rings. The summed E-state index contributed by atoms with van der Waals surface area (Å²) in [6.45, 7) is 4.29. The van der Waals surface area contributed by atoms with Crippen LogP contribution < -0.4 is 10.1 Å². The summed E-state index contributed by atoms with van der Waals surface area (Å²) in [6.07, 6.45) is 2.22. The van der Waals surface area contributed by atoms with E-state index < -0.39 is 0 Å². The molecule has 0 amide bonds. The number of ether oxygens (including phenoxy) is 1. The summed E-state index contributed by atoms with van der Waals surface area (Å²) in [4.78, 5) is 0. The Bertz CT molecular complexity index is 633. The first-order valence-corrected chi connectivity index (χ1v) is 7.18. The average molecular weight is 267 g/mol. The number of anilines is 1. The van der Waals surface area contributed by atoms with E-state index in [-0.39, 0.29) is 0 Å². The van der Waals surface area contributed by atoms with E-state index in [1.165, 1.54) is 27.9 Å². The maximum absolute atomic E-state index is 5.61. The third-order valence-corrected chi connectivity index (χ3v) is 4.11. The fraction of sp³-hybridized carbons (Fsp3) is 0.333. The molecule has 0 bridgehead atoms. The van der Waals surface area contributed by atoms with Crippen molar-refractivity contribution in [3.05, 3.63) is 58.7 Å². The van der Waals surface area contributed by atoms with Gasteiger partial charge in [-0.2, -0.15) is 0 Å². The van der Waals surface area contributed by atoms with Crippen LogP contribution in [-0.2, 0) is 6.42 Å². The molecule has 0 aromatic heterocycles. The summed E-state index contributed by atoms with van der Waals surface area (Å²) >= 11 is 0. The molecule has 1 atom stereocenters. The normalized spacial score (nSPS) is 17.2. The van der Waals surface area contributed by atoms with Crippen LogP contribution in [0.25, 0.3) is 0 Å². The van der Waals surface area contributed by atoms with Crippen molar-refractivity contribution in [2.24, 2.45) is 0 Å². The maximum atomic E-state index is 5.61. The highest BCUT2D eigenvalue weighted by Crippen LogP contribution is 2.38. The molecule has 0 saturated carbocycles. The van der Waals surface area contributed by atoms with Crippen LogP contribution in [0.15, 0.2) is 36.4 Å². The quantitative estimate of drug-likeness (QED) is 0.870. The zero-order valence-corrected chi connectivity index (χ0v) is 12.4. The Labute approximate surface area is 120 Å². The van der Waals surface area contributed by atoms with Crippen molar-refractivity contribution in [2.75, 3.05) is 12.4 Å². The standard InChI is InChI=1S/C18H21NO/c1-12-10-13(2)18(17(11-12)20-3)16-9-8-14-6-4-5-7-15(14)19-16/h4-7,10-11,16,19H,8-9H2,1-3H3. The van der Waals surface area contributed by atoms with E-state index in [2.05, 4.69) is 55.6 Å². The molecule has 2 nitrogen and oxygen atoms in total. The van der Waals surface area contributed by atoms with Crippen molar-refractivity contribution < 1.29 is 4.74 Å². The van der Waals surface area contributed by atoms with Gasteiger partial charge in [-0.15, -0.1) is 0 Å². The smallest absolute Gasteiger partial charge is 0.124 e. The van der Waals surface area contributed by atoms with Gasteiger partial charge in [0.2, 0.25) is 0 Å². The second kappa shape index (κ2) is 5.20. The van der Waals surface area contributed by atoms with Crippen molar-refractivity contribution in [1.29, 1.82) is 0 Å². The second-order valence-electron chi connectivity index (χ2n) is 5.59. The Morgan fingerprint density at radius 3 is 2.75 bits per heavy atom. The van der Waals surface area contributed by atoms with Gasteiger partial charge in [-0.25, -0.2) is 0 Å². The Hall–Kier alpha value is -1.96. The lowest BCUT2D eigenvalue weighted by atomic mass is 9.90. The molecule has 0 saturated heterocycles. The van der Waals surface area contributed by atoms with Crippen molar-refractivity contribution in [2.45, 2.75) is 32.7 Å². The molecule has 1 unspecified atom stereocenters. The Balaban J connectivity index is 1.99. The first kappa shape index (κ1) is 13.0. The van der Waals surface area contributed by atoms with Crippen molar-refractivity contribution in [1.82, 2.24) is 0 Å². The van der Waals surface area contributed by atoms with Gasteiger partial charge < -0.3 is 10.1 Å². The van der Waals surface area contributed by atoms with E-state index in [0.29, 0.717) is 6.04 Å². The molecule has 3 rings (SSSR count). The Morgan fingerprint density at radius 1 is 1.15 bits per heavy atom. The van der Waals surface area contributed by atoms with Crippen LogP contribution in [0.2, 0.25) is 0 Å². The minimum absolute atomic E-state index is 0.334.